The molecular weight excluding hydrogens is 401 g/mol. The van der Waals surface area contributed by atoms with Crippen LogP contribution in [0, 0.1) is 5.21 Å². The lowest BCUT2D eigenvalue weighted by Crippen LogP contribution is -2.50. The molecule has 0 saturated carbocycles. The average molecular weight is 414 g/mol. The first-order valence-corrected chi connectivity index (χ1v) is 8.28. The van der Waals surface area contributed by atoms with Gasteiger partial charge in [0.1, 0.15) is 0 Å². The van der Waals surface area contributed by atoms with Gasteiger partial charge < -0.3 is 20.4 Å². The third-order valence-electron chi connectivity index (χ3n) is 4.28. The molecule has 28 heavy (non-hydrogen) atoms. The normalized spacial score (nSPS) is 16.4. The monoisotopic (exact) mass is 413 g/mol. The minimum absolute atomic E-state index is 0.0898. The molecule has 1 atom stereocenters. The number of aliphatic carboxylic acids is 1. The van der Waals surface area contributed by atoms with Crippen molar-refractivity contribution in [1.82, 2.24) is 0 Å². The Morgan fingerprint density at radius 3 is 2.39 bits per heavy atom. The molecule has 2 N–H and O–H groups in total. The van der Waals surface area contributed by atoms with E-state index in [1.807, 2.05) is 0 Å². The van der Waals surface area contributed by atoms with Gasteiger partial charge in [-0.3, -0.25) is 5.21 Å². The molecule has 2 aromatic rings. The Labute approximate surface area is 162 Å². The first kappa shape index (κ1) is 20.0. The van der Waals surface area contributed by atoms with E-state index in [1.165, 1.54) is 42.5 Å². The first-order chi connectivity index (χ1) is 13.1. The number of alkyl halides is 3. The Morgan fingerprint density at radius 1 is 1.21 bits per heavy atom. The average Bonchev–Trinajstić information content (AvgIpc) is 2.60. The van der Waals surface area contributed by atoms with E-state index in [0.29, 0.717) is 5.56 Å². The van der Waals surface area contributed by atoms with Crippen LogP contribution >= 0.6 is 11.6 Å². The van der Waals surface area contributed by atoms with Crippen molar-refractivity contribution < 1.29 is 28.3 Å². The number of hydrogen-bond donors (Lipinski definition) is 2. The maximum absolute atomic E-state index is 13.8. The Hall–Kier alpha value is -2.75. The van der Waals surface area contributed by atoms with Crippen LogP contribution in [0.15, 0.2) is 48.0 Å². The number of fused-ring (bicyclic) bond motifs is 1. The van der Waals surface area contributed by atoms with E-state index < -0.39 is 23.8 Å². The van der Waals surface area contributed by atoms with E-state index in [2.05, 4.69) is 0 Å². The molecule has 0 aliphatic carbocycles. The number of nitrogens with zero attached hydrogens (tertiary/aromatic N) is 2. The number of anilines is 2. The molecular formula is C18H13ClF3N2O4-. The number of benzene rings is 2. The minimum Gasteiger partial charge on any atom is -0.733 e. The molecule has 10 heteroatoms. The summed E-state index contributed by atoms with van der Waals surface area (Å²) >= 11 is 5.91. The van der Waals surface area contributed by atoms with Gasteiger partial charge in [-0.2, -0.15) is 13.2 Å². The zero-order valence-corrected chi connectivity index (χ0v) is 14.8. The Bertz CT molecular complexity index is 929. The molecule has 0 aromatic heterocycles. The maximum Gasteiger partial charge on any atom is 0.413 e. The minimum atomic E-state index is -4.85. The molecule has 0 spiro atoms. The van der Waals surface area contributed by atoms with Crippen LogP contribution in [0.5, 0.6) is 0 Å². The summed E-state index contributed by atoms with van der Waals surface area (Å²) in [6.07, 6.45) is -3.87. The van der Waals surface area contributed by atoms with Crippen molar-refractivity contribution in [3.63, 3.8) is 0 Å². The van der Waals surface area contributed by atoms with E-state index in [0.717, 1.165) is 11.0 Å². The van der Waals surface area contributed by atoms with Gasteiger partial charge in [0.25, 0.3) is 0 Å². The first-order valence-electron chi connectivity index (χ1n) is 7.91. The number of carboxylic acid groups (broad SMARTS) is 1. The SMILES string of the molecule is O=C(O)C1=Cc2cc(Cl)ccc2N(Cc2ccc(N([O-])O)cc2)C1C(F)(F)F. The second-order valence-corrected chi connectivity index (χ2v) is 6.56. The second-order valence-electron chi connectivity index (χ2n) is 6.12. The van der Waals surface area contributed by atoms with Crippen molar-refractivity contribution in [2.24, 2.45) is 0 Å². The Morgan fingerprint density at radius 2 is 1.86 bits per heavy atom. The van der Waals surface area contributed by atoms with Gasteiger partial charge in [-0.05, 0) is 47.5 Å². The van der Waals surface area contributed by atoms with E-state index in [1.54, 1.807) is 0 Å². The van der Waals surface area contributed by atoms with Crippen molar-refractivity contribution in [2.45, 2.75) is 18.8 Å². The highest BCUT2D eigenvalue weighted by Gasteiger charge is 2.50. The number of carbonyl (C=O) groups is 1. The van der Waals surface area contributed by atoms with Gasteiger partial charge in [0.2, 0.25) is 0 Å². The highest BCUT2D eigenvalue weighted by Crippen LogP contribution is 2.41. The fourth-order valence-electron chi connectivity index (χ4n) is 3.09. The predicted octanol–water partition coefficient (Wildman–Crippen LogP) is 4.45. The lowest BCUT2D eigenvalue weighted by atomic mass is 9.94. The Kier molecular flexibility index (Phi) is 5.24. The summed E-state index contributed by atoms with van der Waals surface area (Å²) in [4.78, 5) is 12.5. The summed E-state index contributed by atoms with van der Waals surface area (Å²) < 4.78 is 41.4. The molecule has 0 radical (unpaired) electrons. The molecule has 148 valence electrons. The molecule has 0 bridgehead atoms. The lowest BCUT2D eigenvalue weighted by molar-refractivity contribution is -0.150. The molecule has 1 aliphatic heterocycles. The highest BCUT2D eigenvalue weighted by molar-refractivity contribution is 6.30. The summed E-state index contributed by atoms with van der Waals surface area (Å²) in [5, 5.41) is 29.0. The number of hydrogen-bond acceptors (Lipinski definition) is 5. The summed E-state index contributed by atoms with van der Waals surface area (Å²) in [5.74, 6) is -1.68. The van der Waals surface area contributed by atoms with Crippen molar-refractivity contribution in [3.8, 4) is 0 Å². The van der Waals surface area contributed by atoms with Crippen LogP contribution in [-0.4, -0.2) is 28.5 Å². The quantitative estimate of drug-likeness (QED) is 0.720. The molecule has 0 saturated heterocycles. The van der Waals surface area contributed by atoms with E-state index in [9.17, 15) is 28.3 Å². The van der Waals surface area contributed by atoms with Crippen LogP contribution in [0.3, 0.4) is 0 Å². The lowest BCUT2D eigenvalue weighted by Gasteiger charge is -2.39. The van der Waals surface area contributed by atoms with Crippen molar-refractivity contribution >= 4 is 35.0 Å². The van der Waals surface area contributed by atoms with Gasteiger partial charge in [-0.25, -0.2) is 4.79 Å². The number of carboxylic acids is 1. The molecule has 1 aliphatic rings. The van der Waals surface area contributed by atoms with Crippen molar-refractivity contribution in [1.29, 1.82) is 0 Å². The molecule has 6 nitrogen and oxygen atoms in total. The molecule has 2 aromatic carbocycles. The van der Waals surface area contributed by atoms with Crippen LogP contribution in [-0.2, 0) is 11.3 Å². The molecule has 0 amide bonds. The van der Waals surface area contributed by atoms with Crippen molar-refractivity contribution in [2.75, 3.05) is 10.1 Å². The van der Waals surface area contributed by atoms with Crippen LogP contribution in [0.4, 0.5) is 24.5 Å². The highest BCUT2D eigenvalue weighted by atomic mass is 35.5. The summed E-state index contributed by atoms with van der Waals surface area (Å²) in [5.41, 5.74) is -0.100. The number of halogens is 4. The molecule has 1 heterocycles. The molecule has 1 unspecified atom stereocenters. The van der Waals surface area contributed by atoms with E-state index in [4.69, 9.17) is 16.8 Å². The van der Waals surface area contributed by atoms with E-state index >= 15 is 0 Å². The third kappa shape index (κ3) is 3.91. The van der Waals surface area contributed by atoms with Crippen LogP contribution < -0.4 is 10.1 Å². The van der Waals surface area contributed by atoms with E-state index in [-0.39, 0.29) is 33.7 Å². The van der Waals surface area contributed by atoms with Gasteiger partial charge >= 0.3 is 12.1 Å². The van der Waals surface area contributed by atoms with Crippen LogP contribution in [0.25, 0.3) is 6.08 Å². The Balaban J connectivity index is 2.09. The number of rotatable bonds is 4. The molecule has 3 rings (SSSR count). The molecule has 0 fully saturated rings. The predicted molar refractivity (Wildman–Crippen MR) is 97.2 cm³/mol. The van der Waals surface area contributed by atoms with Crippen molar-refractivity contribution in [3.05, 3.63) is 69.4 Å². The zero-order chi connectivity index (χ0) is 20.6. The van der Waals surface area contributed by atoms with Gasteiger partial charge in [-0.15, -0.1) is 0 Å². The van der Waals surface area contributed by atoms with Crippen LogP contribution in [0.2, 0.25) is 5.02 Å². The van der Waals surface area contributed by atoms with Gasteiger partial charge in [0.05, 0.1) is 11.3 Å². The standard InChI is InChI=1S/C18H13ClF3N2O4/c19-12-3-6-15-11(7-12)8-14(17(25)26)16(18(20,21)22)23(15)9-10-1-4-13(5-2-10)24(27)28/h1-8,16,27H,9H2,(H,25,26)/q-1. The zero-order valence-electron chi connectivity index (χ0n) is 14.0. The summed E-state index contributed by atoms with van der Waals surface area (Å²) in [6, 6.07) is 7.07. The largest absolute Gasteiger partial charge is 0.733 e. The summed E-state index contributed by atoms with van der Waals surface area (Å²) in [7, 11) is 0. The fraction of sp³-hybridized carbons (Fsp3) is 0.167. The summed E-state index contributed by atoms with van der Waals surface area (Å²) in [6.45, 7) is -0.284. The van der Waals surface area contributed by atoms with Gasteiger partial charge in [0, 0.05) is 17.3 Å². The topological polar surface area (TPSA) is 87.1 Å². The smallest absolute Gasteiger partial charge is 0.413 e. The fourth-order valence-corrected chi connectivity index (χ4v) is 3.27. The van der Waals surface area contributed by atoms with Gasteiger partial charge in [0.15, 0.2) is 6.04 Å². The third-order valence-corrected chi connectivity index (χ3v) is 4.52. The van der Waals surface area contributed by atoms with Gasteiger partial charge in [-0.1, -0.05) is 23.7 Å². The second kappa shape index (κ2) is 7.34. The maximum atomic E-state index is 13.8. The van der Waals surface area contributed by atoms with Crippen LogP contribution in [0.1, 0.15) is 11.1 Å².